The van der Waals surface area contributed by atoms with Crippen LogP contribution in [0.2, 0.25) is 0 Å². The van der Waals surface area contributed by atoms with Crippen LogP contribution >= 0.6 is 0 Å². The first-order valence-corrected chi connectivity index (χ1v) is 7.30. The number of methoxy groups -OCH3 is 2. The SMILES string of the molecule is COc1ccc(C(C#N)(CCC(C)N)C(C)C)cc1OC. The molecule has 0 aliphatic carbocycles. The van der Waals surface area contributed by atoms with Gasteiger partial charge in [0.2, 0.25) is 0 Å². The summed E-state index contributed by atoms with van der Waals surface area (Å²) in [6, 6.07) is 8.32. The molecule has 1 rings (SSSR count). The van der Waals surface area contributed by atoms with Crippen LogP contribution in [0.4, 0.5) is 0 Å². The molecule has 0 saturated heterocycles. The second kappa shape index (κ2) is 7.33. The molecule has 2 unspecified atom stereocenters. The van der Waals surface area contributed by atoms with Crippen molar-refractivity contribution in [2.45, 2.75) is 45.1 Å². The van der Waals surface area contributed by atoms with E-state index in [9.17, 15) is 5.26 Å². The Morgan fingerprint density at radius 3 is 2.24 bits per heavy atom. The van der Waals surface area contributed by atoms with Crippen LogP contribution in [0.3, 0.4) is 0 Å². The molecular weight excluding hydrogens is 264 g/mol. The molecule has 1 aromatic rings. The van der Waals surface area contributed by atoms with E-state index in [0.29, 0.717) is 11.5 Å². The van der Waals surface area contributed by atoms with Crippen LogP contribution in [0.1, 0.15) is 39.2 Å². The van der Waals surface area contributed by atoms with E-state index in [-0.39, 0.29) is 12.0 Å². The topological polar surface area (TPSA) is 68.3 Å². The molecule has 0 saturated carbocycles. The second-order valence-electron chi connectivity index (χ2n) is 5.82. The van der Waals surface area contributed by atoms with Gasteiger partial charge in [0.1, 0.15) is 0 Å². The maximum absolute atomic E-state index is 9.84. The summed E-state index contributed by atoms with van der Waals surface area (Å²) < 4.78 is 10.6. The van der Waals surface area contributed by atoms with E-state index in [1.165, 1.54) is 0 Å². The van der Waals surface area contributed by atoms with Crippen molar-refractivity contribution in [1.29, 1.82) is 5.26 Å². The third kappa shape index (κ3) is 3.68. The van der Waals surface area contributed by atoms with Crippen molar-refractivity contribution in [3.8, 4) is 17.6 Å². The highest BCUT2D eigenvalue weighted by molar-refractivity contribution is 5.47. The van der Waals surface area contributed by atoms with Crippen molar-refractivity contribution < 1.29 is 9.47 Å². The highest BCUT2D eigenvalue weighted by Gasteiger charge is 2.36. The van der Waals surface area contributed by atoms with Crippen molar-refractivity contribution >= 4 is 0 Å². The smallest absolute Gasteiger partial charge is 0.161 e. The zero-order valence-corrected chi connectivity index (χ0v) is 13.6. The lowest BCUT2D eigenvalue weighted by molar-refractivity contribution is 0.338. The number of rotatable bonds is 7. The fraction of sp³-hybridized carbons (Fsp3) is 0.588. The predicted molar refractivity (Wildman–Crippen MR) is 84.6 cm³/mol. The summed E-state index contributed by atoms with van der Waals surface area (Å²) in [5.41, 5.74) is 6.27. The van der Waals surface area contributed by atoms with Gasteiger partial charge < -0.3 is 15.2 Å². The molecule has 1 aromatic carbocycles. The van der Waals surface area contributed by atoms with Crippen molar-refractivity contribution in [2.75, 3.05) is 14.2 Å². The summed E-state index contributed by atoms with van der Waals surface area (Å²) in [6.45, 7) is 6.11. The summed E-state index contributed by atoms with van der Waals surface area (Å²) in [4.78, 5) is 0. The number of ether oxygens (including phenoxy) is 2. The van der Waals surface area contributed by atoms with Crippen LogP contribution in [0.15, 0.2) is 18.2 Å². The van der Waals surface area contributed by atoms with E-state index in [4.69, 9.17) is 15.2 Å². The summed E-state index contributed by atoms with van der Waals surface area (Å²) in [6.07, 6.45) is 1.54. The van der Waals surface area contributed by atoms with Crippen LogP contribution in [0.5, 0.6) is 11.5 Å². The van der Waals surface area contributed by atoms with Crippen LogP contribution in [-0.2, 0) is 5.41 Å². The number of hydrogen-bond acceptors (Lipinski definition) is 4. The number of nitriles is 1. The Hall–Kier alpha value is -1.73. The Bertz CT molecular complexity index is 506. The molecule has 0 fully saturated rings. The molecule has 0 aliphatic heterocycles. The largest absolute Gasteiger partial charge is 0.493 e. The highest BCUT2D eigenvalue weighted by Crippen LogP contribution is 2.40. The van der Waals surface area contributed by atoms with Crippen molar-refractivity contribution in [3.05, 3.63) is 23.8 Å². The maximum Gasteiger partial charge on any atom is 0.161 e. The van der Waals surface area contributed by atoms with Gasteiger partial charge in [0.25, 0.3) is 0 Å². The average molecular weight is 290 g/mol. The first kappa shape index (κ1) is 17.3. The minimum atomic E-state index is -0.562. The molecule has 0 bridgehead atoms. The summed E-state index contributed by atoms with van der Waals surface area (Å²) in [5, 5.41) is 9.84. The van der Waals surface area contributed by atoms with E-state index < -0.39 is 5.41 Å². The van der Waals surface area contributed by atoms with Gasteiger partial charge in [-0.2, -0.15) is 5.26 Å². The zero-order chi connectivity index (χ0) is 16.0. The Labute approximate surface area is 127 Å². The van der Waals surface area contributed by atoms with Crippen LogP contribution in [0, 0.1) is 17.2 Å². The summed E-state index contributed by atoms with van der Waals surface area (Å²) in [5.74, 6) is 1.50. The van der Waals surface area contributed by atoms with Gasteiger partial charge in [-0.3, -0.25) is 0 Å². The molecule has 0 aromatic heterocycles. The fourth-order valence-corrected chi connectivity index (χ4v) is 2.58. The second-order valence-corrected chi connectivity index (χ2v) is 5.82. The Kier molecular flexibility index (Phi) is 6.04. The molecule has 21 heavy (non-hydrogen) atoms. The van der Waals surface area contributed by atoms with Crippen LogP contribution in [0.25, 0.3) is 0 Å². The van der Waals surface area contributed by atoms with Gasteiger partial charge in [-0.1, -0.05) is 19.9 Å². The van der Waals surface area contributed by atoms with Gasteiger partial charge in [0.15, 0.2) is 11.5 Å². The Morgan fingerprint density at radius 1 is 1.19 bits per heavy atom. The molecule has 116 valence electrons. The fourth-order valence-electron chi connectivity index (χ4n) is 2.58. The summed E-state index contributed by atoms with van der Waals surface area (Å²) in [7, 11) is 3.21. The van der Waals surface area contributed by atoms with Crippen molar-refractivity contribution in [2.24, 2.45) is 11.7 Å². The van der Waals surface area contributed by atoms with E-state index in [1.807, 2.05) is 25.1 Å². The van der Waals surface area contributed by atoms with Gasteiger partial charge in [0, 0.05) is 6.04 Å². The number of hydrogen-bond donors (Lipinski definition) is 1. The standard InChI is InChI=1S/C17H26N2O2/c1-12(2)17(11-18,9-8-13(3)19)14-6-7-15(20-4)16(10-14)21-5/h6-7,10,12-13H,8-9,19H2,1-5H3. The molecule has 0 aliphatic rings. The van der Waals surface area contributed by atoms with Gasteiger partial charge in [-0.05, 0) is 43.4 Å². The molecule has 4 heteroatoms. The predicted octanol–water partition coefficient (Wildman–Crippen LogP) is 3.25. The average Bonchev–Trinajstić information content (AvgIpc) is 2.47. The van der Waals surface area contributed by atoms with E-state index in [2.05, 4.69) is 19.9 Å². The third-order valence-corrected chi connectivity index (χ3v) is 4.08. The first-order valence-electron chi connectivity index (χ1n) is 7.30. The maximum atomic E-state index is 9.84. The molecule has 2 atom stereocenters. The number of benzene rings is 1. The van der Waals surface area contributed by atoms with Gasteiger partial charge in [0.05, 0.1) is 25.7 Å². The quantitative estimate of drug-likeness (QED) is 0.837. The van der Waals surface area contributed by atoms with E-state index in [0.717, 1.165) is 18.4 Å². The minimum absolute atomic E-state index is 0.0802. The van der Waals surface area contributed by atoms with Crippen LogP contribution in [-0.4, -0.2) is 20.3 Å². The molecule has 4 nitrogen and oxygen atoms in total. The Morgan fingerprint density at radius 2 is 1.81 bits per heavy atom. The molecule has 0 spiro atoms. The van der Waals surface area contributed by atoms with Crippen molar-refractivity contribution in [1.82, 2.24) is 0 Å². The first-order chi connectivity index (χ1) is 9.91. The molecule has 0 amide bonds. The minimum Gasteiger partial charge on any atom is -0.493 e. The lowest BCUT2D eigenvalue weighted by Gasteiger charge is -2.32. The molecule has 0 radical (unpaired) electrons. The van der Waals surface area contributed by atoms with Crippen LogP contribution < -0.4 is 15.2 Å². The molecule has 0 heterocycles. The lowest BCUT2D eigenvalue weighted by Crippen LogP contribution is -2.33. The van der Waals surface area contributed by atoms with E-state index in [1.54, 1.807) is 14.2 Å². The Balaban J connectivity index is 3.29. The van der Waals surface area contributed by atoms with Crippen molar-refractivity contribution in [3.63, 3.8) is 0 Å². The van der Waals surface area contributed by atoms with Gasteiger partial charge in [-0.15, -0.1) is 0 Å². The van der Waals surface area contributed by atoms with E-state index >= 15 is 0 Å². The number of nitrogens with zero attached hydrogens (tertiary/aromatic N) is 1. The normalized spacial score (nSPS) is 15.1. The van der Waals surface area contributed by atoms with Gasteiger partial charge in [-0.25, -0.2) is 0 Å². The molecule has 2 N–H and O–H groups in total. The molecular formula is C17H26N2O2. The third-order valence-electron chi connectivity index (χ3n) is 4.08. The highest BCUT2D eigenvalue weighted by atomic mass is 16.5. The van der Waals surface area contributed by atoms with Gasteiger partial charge >= 0.3 is 0 Å². The number of nitrogens with two attached hydrogens (primary N) is 1. The zero-order valence-electron chi connectivity index (χ0n) is 13.6. The lowest BCUT2D eigenvalue weighted by atomic mass is 9.69. The monoisotopic (exact) mass is 290 g/mol. The summed E-state index contributed by atoms with van der Waals surface area (Å²) >= 11 is 0.